The van der Waals surface area contributed by atoms with Gasteiger partial charge in [0.05, 0.1) is 12.5 Å². The first kappa shape index (κ1) is 53.1. The van der Waals surface area contributed by atoms with Gasteiger partial charge in [-0.3, -0.25) is 33.6 Å². The molecule has 0 radical (unpaired) electrons. The molecule has 7 atom stereocenters. The second kappa shape index (κ2) is 29.3. The highest BCUT2D eigenvalue weighted by atomic mass is 16.4. The van der Waals surface area contributed by atoms with Gasteiger partial charge >= 0.3 is 5.97 Å². The van der Waals surface area contributed by atoms with E-state index in [0.29, 0.717) is 31.6 Å². The molecule has 62 heavy (non-hydrogen) atoms. The Morgan fingerprint density at radius 2 is 1.08 bits per heavy atom. The number of benzene rings is 1. The van der Waals surface area contributed by atoms with Crippen LogP contribution in [0.3, 0.4) is 0 Å². The van der Waals surface area contributed by atoms with Crippen molar-refractivity contribution in [2.45, 2.75) is 186 Å². The van der Waals surface area contributed by atoms with Crippen molar-refractivity contribution in [1.82, 2.24) is 26.6 Å². The number of carboxylic acid groups (broad SMARTS) is 1. The number of nitrogens with one attached hydrogen (secondary N) is 5. The zero-order valence-electron chi connectivity index (χ0n) is 37.0. The summed E-state index contributed by atoms with van der Waals surface area (Å²) in [6, 6.07) is 3.31. The number of rotatable bonds is 34. The molecule has 0 heterocycles. The average Bonchev–Trinajstić information content (AvgIpc) is 4.05. The minimum Gasteiger partial charge on any atom is -0.480 e. The van der Waals surface area contributed by atoms with Gasteiger partial charge in [0.1, 0.15) is 30.2 Å². The molecule has 1 aromatic rings. The van der Waals surface area contributed by atoms with Crippen LogP contribution in [0.15, 0.2) is 30.3 Å². The summed E-state index contributed by atoms with van der Waals surface area (Å²) < 4.78 is 0. The van der Waals surface area contributed by atoms with Crippen LogP contribution in [0, 0.1) is 11.8 Å². The monoisotopic (exact) mass is 872 g/mol. The lowest BCUT2D eigenvalue weighted by Crippen LogP contribution is -2.60. The van der Waals surface area contributed by atoms with Crippen LogP contribution in [0.1, 0.15) is 148 Å². The van der Waals surface area contributed by atoms with Crippen molar-refractivity contribution in [2.24, 2.45) is 23.3 Å². The molecular weight excluding hydrogens is 799 g/mol. The molecule has 0 saturated heterocycles. The van der Waals surface area contributed by atoms with Gasteiger partial charge in [-0.1, -0.05) is 128 Å². The molecule has 3 unspecified atom stereocenters. The predicted molar refractivity (Wildman–Crippen MR) is 234 cm³/mol. The summed E-state index contributed by atoms with van der Waals surface area (Å²) in [7, 11) is 0. The number of carbonyl (C=O) groups is 8. The minimum absolute atomic E-state index is 0.0643. The molecule has 7 amide bonds. The fourth-order valence-corrected chi connectivity index (χ4v) is 7.11. The fraction of sp³-hybridized carbons (Fsp3) is 0.689. The Bertz CT molecular complexity index is 1590. The van der Waals surface area contributed by atoms with Gasteiger partial charge in [0, 0.05) is 19.3 Å². The van der Waals surface area contributed by atoms with Crippen LogP contribution in [0.25, 0.3) is 0 Å². The lowest BCUT2D eigenvalue weighted by molar-refractivity contribution is -0.142. The first-order valence-electron chi connectivity index (χ1n) is 22.5. The van der Waals surface area contributed by atoms with Gasteiger partial charge in [-0.15, -0.1) is 0 Å². The number of aliphatic hydroxyl groups excluding tert-OH is 1. The highest BCUT2D eigenvalue weighted by Gasteiger charge is 2.35. The van der Waals surface area contributed by atoms with E-state index in [4.69, 9.17) is 11.5 Å². The number of unbranched alkanes of at least 4 members (excludes halogenated alkanes) is 11. The van der Waals surface area contributed by atoms with E-state index in [0.717, 1.165) is 82.6 Å². The number of aliphatic hydroxyl groups is 1. The number of primary amides is 2. The summed E-state index contributed by atoms with van der Waals surface area (Å²) in [5.74, 6) is -5.34. The Morgan fingerprint density at radius 1 is 0.613 bits per heavy atom. The predicted octanol–water partition coefficient (Wildman–Crippen LogP) is 2.79. The molecule has 0 aromatic heterocycles. The maximum absolute atomic E-state index is 13.2. The zero-order valence-corrected chi connectivity index (χ0v) is 37.0. The van der Waals surface area contributed by atoms with E-state index < -0.39 is 84.1 Å². The topological polar surface area (TPSA) is 289 Å². The Hall–Kier alpha value is -5.06. The van der Waals surface area contributed by atoms with Gasteiger partial charge in [0.15, 0.2) is 0 Å². The van der Waals surface area contributed by atoms with Gasteiger partial charge in [-0.25, -0.2) is 4.79 Å². The van der Waals surface area contributed by atoms with Crippen LogP contribution >= 0.6 is 0 Å². The van der Waals surface area contributed by atoms with Crippen molar-refractivity contribution in [3.63, 3.8) is 0 Å². The summed E-state index contributed by atoms with van der Waals surface area (Å²) in [5, 5.41) is 32.8. The molecule has 1 aliphatic carbocycles. The van der Waals surface area contributed by atoms with Crippen LogP contribution in [0.2, 0.25) is 0 Å². The third-order valence-corrected chi connectivity index (χ3v) is 11.3. The Morgan fingerprint density at radius 3 is 1.53 bits per heavy atom. The van der Waals surface area contributed by atoms with Crippen LogP contribution < -0.4 is 38.1 Å². The summed E-state index contributed by atoms with van der Waals surface area (Å²) >= 11 is 0. The molecule has 1 saturated carbocycles. The molecule has 0 spiro atoms. The molecule has 348 valence electrons. The van der Waals surface area contributed by atoms with E-state index >= 15 is 0 Å². The van der Waals surface area contributed by atoms with Gasteiger partial charge in [0.2, 0.25) is 41.4 Å². The molecule has 17 nitrogen and oxygen atoms in total. The summed E-state index contributed by atoms with van der Waals surface area (Å²) in [4.78, 5) is 99.7. The number of hydrogen-bond donors (Lipinski definition) is 9. The van der Waals surface area contributed by atoms with Crippen molar-refractivity contribution >= 4 is 47.3 Å². The maximum Gasteiger partial charge on any atom is 0.326 e. The van der Waals surface area contributed by atoms with Crippen LogP contribution in [-0.2, 0) is 44.8 Å². The van der Waals surface area contributed by atoms with Crippen LogP contribution in [0.5, 0.6) is 0 Å². The molecule has 0 bridgehead atoms. The van der Waals surface area contributed by atoms with Gasteiger partial charge in [-0.2, -0.15) is 0 Å². The summed E-state index contributed by atoms with van der Waals surface area (Å²) in [6.07, 6.45) is 13.0. The van der Waals surface area contributed by atoms with E-state index in [1.807, 2.05) is 6.92 Å². The number of nitrogens with two attached hydrogens (primary N) is 2. The molecule has 1 aromatic carbocycles. The van der Waals surface area contributed by atoms with E-state index in [-0.39, 0.29) is 31.1 Å². The van der Waals surface area contributed by atoms with Crippen molar-refractivity contribution in [3.05, 3.63) is 35.9 Å². The SMILES string of the molecule is CCC(C)[C@@H](NC(=O)[C@@H](NC(=O)CCCCCCCCCCCCCCC(=O)N[C@H](CC(=O)N[C@@H](Cc1ccccc1)C(=O)O)C(N)=O)C(C)O)C(=O)NC(CC1CC1)C(N)=O. The van der Waals surface area contributed by atoms with Crippen molar-refractivity contribution in [3.8, 4) is 0 Å². The molecule has 17 heteroatoms. The largest absolute Gasteiger partial charge is 0.480 e. The number of hydrogen-bond acceptors (Lipinski definition) is 9. The van der Waals surface area contributed by atoms with Crippen molar-refractivity contribution in [2.75, 3.05) is 0 Å². The van der Waals surface area contributed by atoms with Gasteiger partial charge in [-0.05, 0) is 43.6 Å². The second-order valence-electron chi connectivity index (χ2n) is 16.9. The Labute approximate surface area is 366 Å². The quantitative estimate of drug-likeness (QED) is 0.0457. The summed E-state index contributed by atoms with van der Waals surface area (Å²) in [6.45, 7) is 5.07. The lowest BCUT2D eigenvalue weighted by Gasteiger charge is -2.28. The second-order valence-corrected chi connectivity index (χ2v) is 16.9. The third-order valence-electron chi connectivity index (χ3n) is 11.3. The maximum atomic E-state index is 13.2. The highest BCUT2D eigenvalue weighted by molar-refractivity contribution is 5.95. The lowest BCUT2D eigenvalue weighted by atomic mass is 9.96. The average molecular weight is 872 g/mol. The van der Waals surface area contributed by atoms with Gasteiger partial charge in [0.25, 0.3) is 0 Å². The standard InChI is InChI=1S/C45H73N7O10/c1-4-29(2)39(43(59)50-33(41(46)57)26-32-24-25-32)52-44(60)40(30(3)53)51-37(55)23-19-14-12-10-8-6-5-7-9-11-13-18-22-36(54)48-34(42(47)58)28-38(56)49-35(45(61)62)27-31-20-16-15-17-21-31/h15-17,20-21,29-30,32-35,39-40,53H,4-14,18-19,22-28H2,1-3H3,(H2,46,57)(H2,47,58)(H,48,54)(H,49,56)(H,50,59)(H,51,55)(H,52,60)(H,61,62)/t29?,30?,33?,34-,35+,39-,40+/m1/s1. The van der Waals surface area contributed by atoms with Crippen LogP contribution in [0.4, 0.5) is 0 Å². The van der Waals surface area contributed by atoms with E-state index in [1.165, 1.54) is 6.92 Å². The smallest absolute Gasteiger partial charge is 0.326 e. The number of carboxylic acids is 1. The zero-order chi connectivity index (χ0) is 46.0. The first-order valence-corrected chi connectivity index (χ1v) is 22.5. The normalized spacial score (nSPS) is 15.7. The molecule has 1 aliphatic rings. The van der Waals surface area contributed by atoms with Crippen LogP contribution in [-0.4, -0.2) is 93.8 Å². The van der Waals surface area contributed by atoms with Gasteiger partial charge < -0.3 is 48.3 Å². The Kier molecular flexibility index (Phi) is 25.1. The minimum atomic E-state index is -1.25. The van der Waals surface area contributed by atoms with E-state index in [1.54, 1.807) is 37.3 Å². The number of amides is 7. The highest BCUT2D eigenvalue weighted by Crippen LogP contribution is 2.33. The summed E-state index contributed by atoms with van der Waals surface area (Å²) in [5.41, 5.74) is 11.7. The van der Waals surface area contributed by atoms with Crippen molar-refractivity contribution in [1.29, 1.82) is 0 Å². The third kappa shape index (κ3) is 22.2. The Balaban J connectivity index is 1.56. The molecular formula is C45H73N7O10. The van der Waals surface area contributed by atoms with E-state index in [9.17, 15) is 48.6 Å². The van der Waals surface area contributed by atoms with E-state index in [2.05, 4.69) is 26.6 Å². The fourth-order valence-electron chi connectivity index (χ4n) is 7.11. The number of carbonyl (C=O) groups excluding carboxylic acids is 7. The first-order chi connectivity index (χ1) is 29.5. The molecule has 1 fully saturated rings. The molecule has 11 N–H and O–H groups in total. The number of aliphatic carboxylic acids is 1. The molecule has 0 aliphatic heterocycles. The molecule has 2 rings (SSSR count). The van der Waals surface area contributed by atoms with Crippen molar-refractivity contribution < 1.29 is 48.6 Å².